The molecular weight excluding hydrogens is 973 g/mol. The molecule has 0 amide bonds. The van der Waals surface area contributed by atoms with E-state index in [1.165, 1.54) is 144 Å². The third-order valence-corrected chi connectivity index (χ3v) is 20.2. The van der Waals surface area contributed by atoms with Crippen LogP contribution in [0.5, 0.6) is 0 Å². The standard InChI is InChI=1S/C81H54/c1-51-43-45-61(46-44-51)81(60-37-21-8-22-38-60)65-42-24-41-64-73(65)77-69(80(64,58-33-17-6-18-34-58)59-35-19-7-20-36-59)49-52-47-66-74-70-53(48-67(81)75(77)71(52)70)50-68-76(74)72-62(78(66,54-25-9-2-10-26-54)55-27-11-3-12-28-55)39-23-40-63(72)79(68,56-29-13-4-14-30-56)57-31-15-5-16-32-57/h2-43,45-51H,44H2,1H3. The molecule has 0 spiro atoms. The Bertz CT molecular complexity index is 4680. The van der Waals surface area contributed by atoms with Crippen molar-refractivity contribution in [3.63, 3.8) is 0 Å². The van der Waals surface area contributed by atoms with Gasteiger partial charge in [0.1, 0.15) is 0 Å². The zero-order chi connectivity index (χ0) is 53.2. The maximum atomic E-state index is 2.72. The van der Waals surface area contributed by atoms with E-state index in [0.29, 0.717) is 5.92 Å². The maximum Gasteiger partial charge on any atom is 0.0714 e. The minimum Gasteiger partial charge on any atom is -0.0811 e. The van der Waals surface area contributed by atoms with E-state index in [1.54, 1.807) is 0 Å². The third-order valence-electron chi connectivity index (χ3n) is 20.2. The second-order valence-electron chi connectivity index (χ2n) is 23.6. The minimum absolute atomic E-state index is 0.438. The zero-order valence-electron chi connectivity index (χ0n) is 45.0. The first-order valence-electron chi connectivity index (χ1n) is 29.1. The van der Waals surface area contributed by atoms with Gasteiger partial charge in [0.2, 0.25) is 0 Å². The lowest BCUT2D eigenvalue weighted by Gasteiger charge is -2.45. The van der Waals surface area contributed by atoms with Gasteiger partial charge in [-0.1, -0.05) is 274 Å². The highest BCUT2D eigenvalue weighted by Crippen LogP contribution is 2.71. The monoisotopic (exact) mass is 1030 g/mol. The van der Waals surface area contributed by atoms with Crippen LogP contribution in [-0.4, -0.2) is 0 Å². The topological polar surface area (TPSA) is 0 Å². The van der Waals surface area contributed by atoms with E-state index in [9.17, 15) is 0 Å². The summed E-state index contributed by atoms with van der Waals surface area (Å²) >= 11 is 0. The van der Waals surface area contributed by atoms with Gasteiger partial charge in [-0.15, -0.1) is 0 Å². The highest BCUT2D eigenvalue weighted by Gasteiger charge is 2.58. The van der Waals surface area contributed by atoms with Gasteiger partial charge in [-0.25, -0.2) is 0 Å². The van der Waals surface area contributed by atoms with Crippen LogP contribution in [0.1, 0.15) is 96.8 Å². The Labute approximate surface area is 473 Å². The van der Waals surface area contributed by atoms with Crippen LogP contribution in [0.2, 0.25) is 0 Å². The Kier molecular flexibility index (Phi) is 9.08. The first-order valence-corrected chi connectivity index (χ1v) is 29.1. The molecule has 0 bridgehead atoms. The maximum absolute atomic E-state index is 2.72. The summed E-state index contributed by atoms with van der Waals surface area (Å²) in [6.07, 6.45) is 8.55. The minimum atomic E-state index is -0.705. The van der Waals surface area contributed by atoms with Crippen molar-refractivity contribution in [1.82, 2.24) is 0 Å². The van der Waals surface area contributed by atoms with Crippen LogP contribution in [-0.2, 0) is 21.7 Å². The average Bonchev–Trinajstić information content (AvgIpc) is 2.63. The fourth-order valence-electron chi connectivity index (χ4n) is 17.3. The predicted molar refractivity (Wildman–Crippen MR) is 334 cm³/mol. The van der Waals surface area contributed by atoms with Gasteiger partial charge in [0.25, 0.3) is 0 Å². The summed E-state index contributed by atoms with van der Waals surface area (Å²) in [5, 5.41) is 8.03. The van der Waals surface area contributed by atoms with E-state index in [4.69, 9.17) is 0 Å². The molecule has 0 N–H and O–H groups in total. The van der Waals surface area contributed by atoms with Gasteiger partial charge in [0, 0.05) is 0 Å². The van der Waals surface area contributed by atoms with Crippen molar-refractivity contribution in [2.45, 2.75) is 35.0 Å². The highest BCUT2D eigenvalue weighted by molar-refractivity contribution is 6.33. The van der Waals surface area contributed by atoms with Crippen molar-refractivity contribution in [3.05, 3.63) is 380 Å². The number of hydrogen-bond acceptors (Lipinski definition) is 0. The smallest absolute Gasteiger partial charge is 0.0714 e. The zero-order valence-corrected chi connectivity index (χ0v) is 45.0. The lowest BCUT2D eigenvalue weighted by atomic mass is 9.56. The predicted octanol–water partition coefficient (Wildman–Crippen LogP) is 19.2. The SMILES string of the molecule is CC1C=CC(C2(c3ccccc3)c3cccc4c3-c3c(cc5cc6c7c8c(cc9cc2c3c5c97)C(c2ccccc2)(c2ccccc2)c2cccc(c2-8)C6(c2ccccc2)c2ccccc2)C4(c2ccccc2)c2ccccc2)=CC1. The largest absolute Gasteiger partial charge is 0.0811 e. The van der Waals surface area contributed by atoms with Crippen molar-refractivity contribution in [2.75, 3.05) is 0 Å². The van der Waals surface area contributed by atoms with Crippen LogP contribution in [0.15, 0.2) is 297 Å². The summed E-state index contributed by atoms with van der Waals surface area (Å²) in [5.41, 5.74) is 23.9. The quantitative estimate of drug-likeness (QED) is 0.133. The fourth-order valence-corrected chi connectivity index (χ4v) is 17.3. The molecule has 13 aromatic carbocycles. The van der Waals surface area contributed by atoms with E-state index in [0.717, 1.165) is 6.42 Å². The van der Waals surface area contributed by atoms with E-state index >= 15 is 0 Å². The van der Waals surface area contributed by atoms with E-state index in [-0.39, 0.29) is 0 Å². The van der Waals surface area contributed by atoms with Crippen molar-refractivity contribution >= 4 is 32.3 Å². The Hall–Kier alpha value is -9.62. The molecule has 5 aliphatic rings. The van der Waals surface area contributed by atoms with E-state index in [2.05, 4.69) is 298 Å². The molecule has 0 fully saturated rings. The van der Waals surface area contributed by atoms with Gasteiger partial charge in [-0.05, 0) is 180 Å². The number of rotatable bonds is 8. The Morgan fingerprint density at radius 1 is 0.272 bits per heavy atom. The fraction of sp³-hybridized carbons (Fsp3) is 0.0864. The lowest BCUT2D eigenvalue weighted by Crippen LogP contribution is -2.35. The third kappa shape index (κ3) is 5.33. The van der Waals surface area contributed by atoms with Gasteiger partial charge >= 0.3 is 0 Å². The highest BCUT2D eigenvalue weighted by atomic mass is 14.6. The first kappa shape index (κ1) is 45.3. The van der Waals surface area contributed by atoms with Gasteiger partial charge in [0.05, 0.1) is 21.7 Å². The van der Waals surface area contributed by atoms with Crippen LogP contribution >= 0.6 is 0 Å². The molecule has 0 aromatic heterocycles. The van der Waals surface area contributed by atoms with Gasteiger partial charge < -0.3 is 0 Å². The molecule has 2 unspecified atom stereocenters. The number of allylic oxidation sites excluding steroid dienone is 4. The van der Waals surface area contributed by atoms with E-state index in [1.807, 2.05) is 0 Å². The molecule has 378 valence electrons. The lowest BCUT2D eigenvalue weighted by molar-refractivity contribution is 0.684. The molecule has 0 heteroatoms. The van der Waals surface area contributed by atoms with Crippen molar-refractivity contribution in [1.29, 1.82) is 0 Å². The molecule has 5 aliphatic carbocycles. The van der Waals surface area contributed by atoms with E-state index < -0.39 is 21.7 Å². The number of hydrogen-bond donors (Lipinski definition) is 0. The molecule has 2 atom stereocenters. The van der Waals surface area contributed by atoms with Crippen molar-refractivity contribution in [3.8, 4) is 22.3 Å². The molecule has 0 nitrogen and oxygen atoms in total. The second-order valence-corrected chi connectivity index (χ2v) is 23.6. The Morgan fingerprint density at radius 3 is 0.877 bits per heavy atom. The second kappa shape index (κ2) is 16.3. The number of benzene rings is 13. The van der Waals surface area contributed by atoms with Gasteiger partial charge in [-0.3, -0.25) is 0 Å². The summed E-state index contributed by atoms with van der Waals surface area (Å²) < 4.78 is 0. The molecule has 0 heterocycles. The van der Waals surface area contributed by atoms with Gasteiger partial charge in [0.15, 0.2) is 0 Å². The Balaban J connectivity index is 1.14. The summed E-state index contributed by atoms with van der Waals surface area (Å²) in [5.74, 6) is 0.438. The van der Waals surface area contributed by atoms with Gasteiger partial charge in [-0.2, -0.15) is 0 Å². The summed E-state index contributed by atoms with van der Waals surface area (Å²) in [6.45, 7) is 2.36. The van der Waals surface area contributed by atoms with Crippen LogP contribution in [0.25, 0.3) is 54.6 Å². The average molecular weight is 1030 g/mol. The van der Waals surface area contributed by atoms with Crippen LogP contribution in [0.4, 0.5) is 0 Å². The Morgan fingerprint density at radius 2 is 0.556 bits per heavy atom. The molecule has 0 saturated carbocycles. The molecule has 13 aromatic rings. The normalized spacial score (nSPS) is 18.6. The molecule has 0 radical (unpaired) electrons. The molecular formula is C81H54. The summed E-state index contributed by atoms with van der Waals surface area (Å²) in [6, 6.07) is 106. The molecule has 18 rings (SSSR count). The van der Waals surface area contributed by atoms with Crippen LogP contribution < -0.4 is 0 Å². The summed E-state index contributed by atoms with van der Waals surface area (Å²) in [7, 11) is 0. The van der Waals surface area contributed by atoms with Crippen LogP contribution in [0, 0.1) is 5.92 Å². The van der Waals surface area contributed by atoms with Crippen molar-refractivity contribution < 1.29 is 0 Å². The molecule has 0 saturated heterocycles. The van der Waals surface area contributed by atoms with Crippen molar-refractivity contribution in [2.24, 2.45) is 5.92 Å². The first-order chi connectivity index (χ1) is 40.1. The summed E-state index contributed by atoms with van der Waals surface area (Å²) in [4.78, 5) is 0. The molecule has 0 aliphatic heterocycles. The molecule has 81 heavy (non-hydrogen) atoms. The van der Waals surface area contributed by atoms with Crippen LogP contribution in [0.3, 0.4) is 0 Å².